The number of nitrogens with zero attached hydrogens (tertiary/aromatic N) is 1. The number of carbonyl (C=O) groups is 5. The standard InChI is InChI=1S/C32H49Cl2N5O7S/c1-5-10-20(24(40)27(42)35-18-12-13-18)36-26(41)23-22-19(32(22,33)34)17-39(23)28(43)25(30(2,3)4)37-29(44)38-31(14-7-6-8-15-31)21-11-9-16-47(21,45)46/h18-23,25H,5-17H2,1-4H3,(H,35,42)(H,36,41)(H2,37,38,44)/t19-,20-,21?,22-,23-,25+/m0/s1. The maximum atomic E-state index is 14.3. The quantitative estimate of drug-likeness (QED) is 0.188. The Morgan fingerprint density at radius 3 is 2.17 bits per heavy atom. The summed E-state index contributed by atoms with van der Waals surface area (Å²) >= 11 is 13.1. The van der Waals surface area contributed by atoms with Gasteiger partial charge >= 0.3 is 6.03 Å². The number of likely N-dealkylation sites (tertiary alicyclic amines) is 1. The first-order valence-electron chi connectivity index (χ1n) is 17.1. The smallest absolute Gasteiger partial charge is 0.315 e. The number of ketones is 1. The highest BCUT2D eigenvalue weighted by Gasteiger charge is 2.74. The number of carbonyl (C=O) groups excluding carboxylic acids is 5. The van der Waals surface area contributed by atoms with Gasteiger partial charge in [-0.25, -0.2) is 13.2 Å². The average Bonchev–Trinajstić information content (AvgIpc) is 3.76. The lowest BCUT2D eigenvalue weighted by Crippen LogP contribution is -2.65. The first-order valence-corrected chi connectivity index (χ1v) is 19.5. The summed E-state index contributed by atoms with van der Waals surface area (Å²) in [5.74, 6) is -3.53. The second-order valence-corrected chi connectivity index (χ2v) is 19.1. The molecule has 5 rings (SSSR count). The second kappa shape index (κ2) is 13.3. The number of hydrogen-bond acceptors (Lipinski definition) is 7. The molecule has 3 aliphatic carbocycles. The van der Waals surface area contributed by atoms with Crippen molar-refractivity contribution in [1.29, 1.82) is 0 Å². The summed E-state index contributed by atoms with van der Waals surface area (Å²) < 4.78 is 24.8. The molecule has 2 heterocycles. The van der Waals surface area contributed by atoms with Crippen molar-refractivity contribution in [3.05, 3.63) is 0 Å². The van der Waals surface area contributed by atoms with E-state index >= 15 is 0 Å². The maximum absolute atomic E-state index is 14.3. The van der Waals surface area contributed by atoms with Gasteiger partial charge in [-0.05, 0) is 50.4 Å². The van der Waals surface area contributed by atoms with Crippen molar-refractivity contribution < 1.29 is 32.4 Å². The molecule has 47 heavy (non-hydrogen) atoms. The van der Waals surface area contributed by atoms with Crippen LogP contribution in [0.25, 0.3) is 0 Å². The van der Waals surface area contributed by atoms with E-state index in [1.165, 1.54) is 4.90 Å². The van der Waals surface area contributed by atoms with Crippen LogP contribution in [0, 0.1) is 17.3 Å². The Morgan fingerprint density at radius 2 is 1.62 bits per heavy atom. The molecule has 1 unspecified atom stereocenters. The van der Waals surface area contributed by atoms with E-state index in [1.807, 2.05) is 6.92 Å². The first-order chi connectivity index (χ1) is 21.9. The lowest BCUT2D eigenvalue weighted by Gasteiger charge is -2.43. The van der Waals surface area contributed by atoms with Crippen LogP contribution in [0.2, 0.25) is 0 Å². The van der Waals surface area contributed by atoms with Crippen molar-refractivity contribution in [1.82, 2.24) is 26.2 Å². The Bertz CT molecular complexity index is 1390. The molecule has 5 aliphatic rings. The van der Waals surface area contributed by atoms with Crippen molar-refractivity contribution >= 4 is 62.6 Å². The van der Waals surface area contributed by atoms with E-state index in [2.05, 4.69) is 21.3 Å². The highest BCUT2D eigenvalue weighted by molar-refractivity contribution is 7.92. The lowest BCUT2D eigenvalue weighted by atomic mass is 9.78. The monoisotopic (exact) mass is 717 g/mol. The fourth-order valence-corrected chi connectivity index (χ4v) is 11.1. The highest BCUT2D eigenvalue weighted by atomic mass is 35.5. The predicted octanol–water partition coefficient (Wildman–Crippen LogP) is 2.74. The third kappa shape index (κ3) is 7.41. The molecule has 264 valence electrons. The molecular formula is C32H49Cl2N5O7S. The van der Waals surface area contributed by atoms with Gasteiger partial charge in [0.15, 0.2) is 9.84 Å². The Hall–Kier alpha value is -2.12. The summed E-state index contributed by atoms with van der Waals surface area (Å²) in [6, 6.07) is -3.95. The fraction of sp³-hybridized carbons (Fsp3) is 0.844. The summed E-state index contributed by atoms with van der Waals surface area (Å²) in [5.41, 5.74) is -1.72. The molecular weight excluding hydrogens is 669 g/mol. The van der Waals surface area contributed by atoms with Gasteiger partial charge in [-0.15, -0.1) is 23.2 Å². The third-order valence-corrected chi connectivity index (χ3v) is 14.1. The summed E-state index contributed by atoms with van der Waals surface area (Å²) in [7, 11) is -3.37. The molecule has 3 saturated carbocycles. The molecule has 0 spiro atoms. The molecule has 2 saturated heterocycles. The number of Topliss-reactive ketones (excluding diaryl/α,β-unsaturated/α-hetero) is 1. The SMILES string of the molecule is CCC[C@H](NC(=O)[C@@H]1[C@@H]2[C@H](CN1C(=O)[C@@H](NC(=O)NC1(C3CCCS3(=O)=O)CCCCC1)C(C)(C)C)C2(Cl)Cl)C(=O)C(=O)NC1CC1. The molecule has 15 heteroatoms. The van der Waals surface area contributed by atoms with Crippen LogP contribution in [0.1, 0.15) is 98.3 Å². The minimum atomic E-state index is -3.37. The van der Waals surface area contributed by atoms with Crippen molar-refractivity contribution in [2.24, 2.45) is 17.3 Å². The van der Waals surface area contributed by atoms with Gasteiger partial charge in [0.25, 0.3) is 5.91 Å². The zero-order valence-corrected chi connectivity index (χ0v) is 30.0. The molecule has 5 fully saturated rings. The Balaban J connectivity index is 1.34. The number of halogens is 2. The van der Waals surface area contributed by atoms with E-state index in [0.717, 1.165) is 32.1 Å². The van der Waals surface area contributed by atoms with Crippen LogP contribution in [-0.2, 0) is 29.0 Å². The fourth-order valence-electron chi connectivity index (χ4n) is 7.92. The lowest BCUT2D eigenvalue weighted by molar-refractivity contribution is -0.144. The average molecular weight is 719 g/mol. The van der Waals surface area contributed by atoms with Gasteiger partial charge in [0.1, 0.15) is 16.4 Å². The van der Waals surface area contributed by atoms with Crippen molar-refractivity contribution in [3.63, 3.8) is 0 Å². The normalized spacial score (nSPS) is 30.0. The van der Waals surface area contributed by atoms with Crippen LogP contribution in [0.5, 0.6) is 0 Å². The number of sulfone groups is 1. The maximum Gasteiger partial charge on any atom is 0.315 e. The van der Waals surface area contributed by atoms with E-state index in [-0.39, 0.29) is 24.8 Å². The number of piperidine rings is 1. The molecule has 0 radical (unpaired) electrons. The number of rotatable bonds is 11. The number of alkyl halides is 2. The Labute approximate surface area is 287 Å². The molecule has 0 aromatic carbocycles. The molecule has 5 amide bonds. The number of nitrogens with one attached hydrogen (secondary N) is 4. The van der Waals surface area contributed by atoms with E-state index in [0.29, 0.717) is 32.1 Å². The van der Waals surface area contributed by atoms with Crippen LogP contribution in [0.4, 0.5) is 4.79 Å². The van der Waals surface area contributed by atoms with Crippen molar-refractivity contribution in [3.8, 4) is 0 Å². The molecule has 12 nitrogen and oxygen atoms in total. The number of fused-ring (bicyclic) bond motifs is 1. The van der Waals surface area contributed by atoms with Gasteiger partial charge in [0.05, 0.1) is 22.6 Å². The van der Waals surface area contributed by atoms with Crippen LogP contribution >= 0.6 is 23.2 Å². The van der Waals surface area contributed by atoms with E-state index in [9.17, 15) is 32.4 Å². The molecule has 0 aromatic heterocycles. The highest BCUT2D eigenvalue weighted by Crippen LogP contribution is 2.65. The van der Waals surface area contributed by atoms with Gasteiger partial charge in [0, 0.05) is 24.4 Å². The minimum Gasteiger partial charge on any atom is -0.347 e. The summed E-state index contributed by atoms with van der Waals surface area (Å²) in [6.45, 7) is 7.29. The van der Waals surface area contributed by atoms with Crippen LogP contribution in [0.3, 0.4) is 0 Å². The van der Waals surface area contributed by atoms with Gasteiger partial charge in [-0.1, -0.05) is 53.4 Å². The topological polar surface area (TPSA) is 171 Å². The van der Waals surface area contributed by atoms with Gasteiger partial charge in [0.2, 0.25) is 17.6 Å². The second-order valence-electron chi connectivity index (χ2n) is 15.3. The van der Waals surface area contributed by atoms with Crippen LogP contribution in [0.15, 0.2) is 0 Å². The largest absolute Gasteiger partial charge is 0.347 e. The zero-order chi connectivity index (χ0) is 34.5. The minimum absolute atomic E-state index is 0.0256. The van der Waals surface area contributed by atoms with Gasteiger partial charge < -0.3 is 26.2 Å². The molecule has 0 aromatic rings. The number of hydrogen-bond donors (Lipinski definition) is 4. The van der Waals surface area contributed by atoms with Gasteiger partial charge in [-0.3, -0.25) is 19.2 Å². The van der Waals surface area contributed by atoms with Crippen LogP contribution < -0.4 is 21.3 Å². The molecule has 4 N–H and O–H groups in total. The predicted molar refractivity (Wildman–Crippen MR) is 177 cm³/mol. The summed E-state index contributed by atoms with van der Waals surface area (Å²) in [4.78, 5) is 68.8. The first kappa shape index (κ1) is 36.2. The molecule has 2 aliphatic heterocycles. The van der Waals surface area contributed by atoms with Crippen molar-refractivity contribution in [2.45, 2.75) is 138 Å². The van der Waals surface area contributed by atoms with E-state index < -0.39 is 89.9 Å². The van der Waals surface area contributed by atoms with Crippen molar-refractivity contribution in [2.75, 3.05) is 12.3 Å². The summed E-state index contributed by atoms with van der Waals surface area (Å²) in [6.07, 6.45) is 7.04. The zero-order valence-electron chi connectivity index (χ0n) is 27.7. The number of amides is 5. The Morgan fingerprint density at radius 1 is 0.957 bits per heavy atom. The van der Waals surface area contributed by atoms with E-state index in [4.69, 9.17) is 23.2 Å². The summed E-state index contributed by atoms with van der Waals surface area (Å²) in [5, 5.41) is 10.6. The number of urea groups is 1. The van der Waals surface area contributed by atoms with Gasteiger partial charge in [-0.2, -0.15) is 0 Å². The van der Waals surface area contributed by atoms with Crippen LogP contribution in [-0.4, -0.2) is 94.4 Å². The molecule has 6 atom stereocenters. The Kier molecular flexibility index (Phi) is 10.2. The van der Waals surface area contributed by atoms with E-state index in [1.54, 1.807) is 20.8 Å². The third-order valence-electron chi connectivity index (χ3n) is 10.7. The molecule has 0 bridgehead atoms.